The highest BCUT2D eigenvalue weighted by Crippen LogP contribution is 2.29. The Hall–Kier alpha value is -0.130. The van der Waals surface area contributed by atoms with Gasteiger partial charge in [0.2, 0.25) is 5.91 Å². The molecule has 1 amide bonds. The molecule has 0 fully saturated rings. The molecule has 0 aliphatic heterocycles. The minimum absolute atomic E-state index is 0.0801. The van der Waals surface area contributed by atoms with Crippen LogP contribution in [-0.4, -0.2) is 16.8 Å². The summed E-state index contributed by atoms with van der Waals surface area (Å²) in [4.78, 5) is 15.1. The van der Waals surface area contributed by atoms with Crippen LogP contribution in [0.15, 0.2) is 15.1 Å². The van der Waals surface area contributed by atoms with Gasteiger partial charge < -0.3 is 5.32 Å². The van der Waals surface area contributed by atoms with E-state index in [1.165, 1.54) is 0 Å². The predicted molar refractivity (Wildman–Crippen MR) is 63.7 cm³/mol. The number of nitrogens with zero attached hydrogens (tertiary/aromatic N) is 1. The molecule has 0 aliphatic rings. The number of hydrogen-bond acceptors (Lipinski definition) is 2. The number of aromatic nitrogens is 1. The molecular formula is C8H7Br2ClN2O. The average molecular weight is 342 g/mol. The second-order valence-electron chi connectivity index (χ2n) is 2.58. The van der Waals surface area contributed by atoms with Crippen LogP contribution in [0.25, 0.3) is 0 Å². The lowest BCUT2D eigenvalue weighted by Gasteiger charge is -2.07. The van der Waals surface area contributed by atoms with E-state index in [1.807, 2.05) is 6.92 Å². The molecule has 3 nitrogen and oxygen atoms in total. The predicted octanol–water partition coefficient (Wildman–Crippen LogP) is 3.09. The van der Waals surface area contributed by atoms with E-state index >= 15 is 0 Å². The molecule has 0 atom stereocenters. The highest BCUT2D eigenvalue weighted by Gasteiger charge is 2.09. The number of rotatable bonds is 2. The molecule has 0 aliphatic carbocycles. The summed E-state index contributed by atoms with van der Waals surface area (Å²) in [5.74, 6) is 0.126. The van der Waals surface area contributed by atoms with Gasteiger partial charge in [-0.25, -0.2) is 4.98 Å². The Kier molecular flexibility index (Phi) is 4.34. The molecule has 1 aromatic rings. The van der Waals surface area contributed by atoms with Crippen molar-refractivity contribution in [2.45, 2.75) is 6.92 Å². The Morgan fingerprint density at radius 3 is 2.86 bits per heavy atom. The van der Waals surface area contributed by atoms with E-state index in [0.717, 1.165) is 14.5 Å². The summed E-state index contributed by atoms with van der Waals surface area (Å²) in [5, 5.41) is 2.58. The van der Waals surface area contributed by atoms with Crippen molar-refractivity contribution in [1.82, 2.24) is 4.98 Å². The molecule has 0 aromatic carbocycles. The van der Waals surface area contributed by atoms with Crippen molar-refractivity contribution in [3.05, 3.63) is 20.7 Å². The van der Waals surface area contributed by atoms with Crippen LogP contribution in [0.1, 0.15) is 5.56 Å². The molecule has 1 aromatic heterocycles. The lowest BCUT2D eigenvalue weighted by atomic mass is 10.3. The number of carbonyl (C=O) groups is 1. The van der Waals surface area contributed by atoms with Crippen LogP contribution in [0, 0.1) is 6.92 Å². The molecule has 1 N–H and O–H groups in total. The standard InChI is InChI=1S/C8H7Br2ClN2O/c1-4-5(9)3-12-8(7(4)10)13-6(14)2-11/h3H,2H2,1H3,(H,12,13,14). The number of alkyl halides is 1. The maximum absolute atomic E-state index is 11.0. The summed E-state index contributed by atoms with van der Waals surface area (Å²) >= 11 is 12.0. The van der Waals surface area contributed by atoms with Crippen LogP contribution < -0.4 is 5.32 Å². The maximum atomic E-state index is 11.0. The Bertz CT molecular complexity index is 371. The molecule has 0 unspecified atom stereocenters. The number of pyridine rings is 1. The molecule has 0 saturated heterocycles. The molecule has 1 heterocycles. The number of anilines is 1. The van der Waals surface area contributed by atoms with Crippen LogP contribution in [0.2, 0.25) is 0 Å². The molecule has 6 heteroatoms. The Morgan fingerprint density at radius 2 is 2.29 bits per heavy atom. The van der Waals surface area contributed by atoms with Crippen LogP contribution in [0.3, 0.4) is 0 Å². The first-order valence-electron chi connectivity index (χ1n) is 3.72. The summed E-state index contributed by atoms with van der Waals surface area (Å²) in [7, 11) is 0. The van der Waals surface area contributed by atoms with Gasteiger partial charge >= 0.3 is 0 Å². The number of nitrogens with one attached hydrogen (secondary N) is 1. The van der Waals surface area contributed by atoms with E-state index in [-0.39, 0.29) is 11.8 Å². The van der Waals surface area contributed by atoms with Crippen molar-refractivity contribution in [2.24, 2.45) is 0 Å². The summed E-state index contributed by atoms with van der Waals surface area (Å²) in [5.41, 5.74) is 0.977. The molecule has 0 radical (unpaired) electrons. The van der Waals surface area contributed by atoms with Gasteiger partial charge in [0.1, 0.15) is 11.7 Å². The van der Waals surface area contributed by atoms with Crippen molar-refractivity contribution in [3.63, 3.8) is 0 Å². The second kappa shape index (κ2) is 5.09. The van der Waals surface area contributed by atoms with E-state index in [2.05, 4.69) is 42.2 Å². The summed E-state index contributed by atoms with van der Waals surface area (Å²) in [6.45, 7) is 1.91. The molecule has 14 heavy (non-hydrogen) atoms. The largest absolute Gasteiger partial charge is 0.309 e. The van der Waals surface area contributed by atoms with Gasteiger partial charge in [-0.3, -0.25) is 4.79 Å². The fraction of sp³-hybridized carbons (Fsp3) is 0.250. The second-order valence-corrected chi connectivity index (χ2v) is 4.49. The van der Waals surface area contributed by atoms with Crippen molar-refractivity contribution < 1.29 is 4.79 Å². The fourth-order valence-electron chi connectivity index (χ4n) is 0.810. The zero-order valence-corrected chi connectivity index (χ0v) is 11.2. The minimum Gasteiger partial charge on any atom is -0.309 e. The highest BCUT2D eigenvalue weighted by molar-refractivity contribution is 9.11. The van der Waals surface area contributed by atoms with E-state index < -0.39 is 0 Å². The van der Waals surface area contributed by atoms with Crippen LogP contribution >= 0.6 is 43.5 Å². The van der Waals surface area contributed by atoms with Crippen LogP contribution in [-0.2, 0) is 4.79 Å². The van der Waals surface area contributed by atoms with Gasteiger partial charge in [0.15, 0.2) is 0 Å². The normalized spacial score (nSPS) is 10.0. The van der Waals surface area contributed by atoms with Gasteiger partial charge in [0, 0.05) is 10.7 Å². The number of amides is 1. The van der Waals surface area contributed by atoms with E-state index in [1.54, 1.807) is 6.20 Å². The molecule has 1 rings (SSSR count). The van der Waals surface area contributed by atoms with Gasteiger partial charge in [0.25, 0.3) is 0 Å². The van der Waals surface area contributed by atoms with Gasteiger partial charge in [-0.05, 0) is 44.3 Å². The maximum Gasteiger partial charge on any atom is 0.240 e. The van der Waals surface area contributed by atoms with E-state index in [0.29, 0.717) is 5.82 Å². The Balaban J connectivity index is 3.00. The number of carbonyl (C=O) groups excluding carboxylic acids is 1. The highest BCUT2D eigenvalue weighted by atomic mass is 79.9. The van der Waals surface area contributed by atoms with Gasteiger partial charge in [0.05, 0.1) is 4.47 Å². The average Bonchev–Trinajstić information content (AvgIpc) is 2.19. The first kappa shape index (κ1) is 11.9. The quantitative estimate of drug-likeness (QED) is 0.839. The topological polar surface area (TPSA) is 42.0 Å². The van der Waals surface area contributed by atoms with Crippen molar-refractivity contribution >= 4 is 55.2 Å². The first-order valence-corrected chi connectivity index (χ1v) is 5.84. The summed E-state index contributed by atoms with van der Waals surface area (Å²) in [6.07, 6.45) is 1.63. The van der Waals surface area contributed by atoms with E-state index in [9.17, 15) is 4.79 Å². The number of hydrogen-bond donors (Lipinski definition) is 1. The third-order valence-corrected chi connectivity index (χ3v) is 3.59. The molecule has 0 spiro atoms. The third kappa shape index (κ3) is 2.68. The fourth-order valence-corrected chi connectivity index (χ4v) is 1.86. The molecule has 0 bridgehead atoms. The smallest absolute Gasteiger partial charge is 0.240 e. The summed E-state index contributed by atoms with van der Waals surface area (Å²) < 4.78 is 1.64. The van der Waals surface area contributed by atoms with Crippen molar-refractivity contribution in [3.8, 4) is 0 Å². The van der Waals surface area contributed by atoms with Gasteiger partial charge in [-0.1, -0.05) is 0 Å². The molecule has 0 saturated carbocycles. The van der Waals surface area contributed by atoms with Crippen LogP contribution in [0.4, 0.5) is 5.82 Å². The zero-order chi connectivity index (χ0) is 10.7. The van der Waals surface area contributed by atoms with Crippen molar-refractivity contribution in [2.75, 3.05) is 11.2 Å². The van der Waals surface area contributed by atoms with E-state index in [4.69, 9.17) is 11.6 Å². The first-order chi connectivity index (χ1) is 6.56. The lowest BCUT2D eigenvalue weighted by molar-refractivity contribution is -0.113. The third-order valence-electron chi connectivity index (χ3n) is 1.58. The van der Waals surface area contributed by atoms with Gasteiger partial charge in [-0.15, -0.1) is 11.6 Å². The van der Waals surface area contributed by atoms with Crippen molar-refractivity contribution in [1.29, 1.82) is 0 Å². The minimum atomic E-state index is -0.276. The lowest BCUT2D eigenvalue weighted by Crippen LogP contribution is -2.14. The Morgan fingerprint density at radius 1 is 1.64 bits per heavy atom. The van der Waals surface area contributed by atoms with Crippen LogP contribution in [0.5, 0.6) is 0 Å². The molecule has 76 valence electrons. The number of halogens is 3. The zero-order valence-electron chi connectivity index (χ0n) is 7.27. The van der Waals surface area contributed by atoms with Gasteiger partial charge in [-0.2, -0.15) is 0 Å². The molecular weight excluding hydrogens is 335 g/mol. The SMILES string of the molecule is Cc1c(Br)cnc(NC(=O)CCl)c1Br. The summed E-state index contributed by atoms with van der Waals surface area (Å²) in [6, 6.07) is 0. The Labute approximate surface area is 103 Å². The monoisotopic (exact) mass is 340 g/mol.